The fourth-order valence-corrected chi connectivity index (χ4v) is 2.39. The van der Waals surface area contributed by atoms with E-state index in [1.54, 1.807) is 0 Å². The second-order valence-corrected chi connectivity index (χ2v) is 5.27. The Kier molecular flexibility index (Phi) is 3.27. The largest absolute Gasteiger partial charge is 0.349 e. The maximum atomic E-state index is 13.2. The molecule has 0 radical (unpaired) electrons. The molecule has 92 valence electrons. The van der Waals surface area contributed by atoms with Crippen LogP contribution < -0.4 is 5.32 Å². The van der Waals surface area contributed by atoms with E-state index in [2.05, 4.69) is 10.3 Å². The number of carbonyl (C=O) groups excluding carboxylic acids is 1. The molecule has 1 aromatic rings. The van der Waals surface area contributed by atoms with Gasteiger partial charge in [-0.25, -0.2) is 9.37 Å². The highest BCUT2D eigenvalue weighted by atomic mass is 35.5. The zero-order chi connectivity index (χ0) is 12.6. The number of carbonyl (C=O) groups is 1. The Balaban J connectivity index is 2.01. The molecule has 0 aromatic carbocycles. The molecule has 1 saturated carbocycles. The van der Waals surface area contributed by atoms with Crippen molar-refractivity contribution in [3.8, 4) is 0 Å². The highest BCUT2D eigenvalue weighted by Crippen LogP contribution is 2.35. The van der Waals surface area contributed by atoms with Gasteiger partial charge >= 0.3 is 0 Å². The maximum Gasteiger partial charge on any atom is 0.251 e. The normalized spacial score (nSPS) is 27.4. The van der Waals surface area contributed by atoms with Gasteiger partial charge in [-0.15, -0.1) is 0 Å². The molecule has 0 aliphatic heterocycles. The van der Waals surface area contributed by atoms with Gasteiger partial charge in [0.2, 0.25) is 0 Å². The Morgan fingerprint density at radius 3 is 2.47 bits per heavy atom. The summed E-state index contributed by atoms with van der Waals surface area (Å²) in [5.74, 6) is -0.309. The average molecular weight is 277 g/mol. The van der Waals surface area contributed by atoms with Crippen molar-refractivity contribution in [3.05, 3.63) is 28.0 Å². The van der Waals surface area contributed by atoms with E-state index in [-0.39, 0.29) is 22.3 Å². The molecule has 17 heavy (non-hydrogen) atoms. The maximum absolute atomic E-state index is 13.2. The molecule has 0 spiro atoms. The van der Waals surface area contributed by atoms with Crippen molar-refractivity contribution >= 4 is 29.1 Å². The summed E-state index contributed by atoms with van der Waals surface area (Å²) in [5.41, 5.74) is -0.826. The molecule has 2 rings (SSSR count). The van der Waals surface area contributed by atoms with Gasteiger partial charge < -0.3 is 5.32 Å². The Hall–Kier alpha value is -0.870. The molecular formula is C11H11Cl2FN2O. The molecule has 1 aliphatic carbocycles. The van der Waals surface area contributed by atoms with E-state index < -0.39 is 5.67 Å². The Bertz CT molecular complexity index is 437. The number of nitrogens with one attached hydrogen (secondary N) is 1. The fraction of sp³-hybridized carbons (Fsp3) is 0.455. The van der Waals surface area contributed by atoms with E-state index in [0.29, 0.717) is 18.4 Å². The van der Waals surface area contributed by atoms with Crippen LogP contribution in [0.15, 0.2) is 12.1 Å². The lowest BCUT2D eigenvalue weighted by Crippen LogP contribution is -2.51. The van der Waals surface area contributed by atoms with E-state index in [9.17, 15) is 9.18 Å². The summed E-state index contributed by atoms with van der Waals surface area (Å²) in [6, 6.07) is 2.73. The van der Waals surface area contributed by atoms with Crippen LogP contribution in [0.4, 0.5) is 4.39 Å². The van der Waals surface area contributed by atoms with Gasteiger partial charge in [-0.05, 0) is 19.1 Å². The molecule has 1 fully saturated rings. The van der Waals surface area contributed by atoms with Gasteiger partial charge in [0.25, 0.3) is 5.91 Å². The summed E-state index contributed by atoms with van der Waals surface area (Å²) < 4.78 is 13.2. The summed E-state index contributed by atoms with van der Waals surface area (Å²) >= 11 is 11.4. The monoisotopic (exact) mass is 276 g/mol. The van der Waals surface area contributed by atoms with Crippen molar-refractivity contribution in [1.82, 2.24) is 10.3 Å². The first-order valence-corrected chi connectivity index (χ1v) is 5.94. The minimum Gasteiger partial charge on any atom is -0.349 e. The van der Waals surface area contributed by atoms with Crippen LogP contribution in [-0.2, 0) is 0 Å². The van der Waals surface area contributed by atoms with Crippen molar-refractivity contribution in [1.29, 1.82) is 0 Å². The van der Waals surface area contributed by atoms with E-state index >= 15 is 0 Å². The predicted octanol–water partition coefficient (Wildman–Crippen LogP) is 3.01. The van der Waals surface area contributed by atoms with Crippen LogP contribution in [0.1, 0.15) is 30.1 Å². The van der Waals surface area contributed by atoms with Gasteiger partial charge in [0.1, 0.15) is 16.0 Å². The number of halogens is 3. The number of amides is 1. The van der Waals surface area contributed by atoms with Gasteiger partial charge in [0, 0.05) is 24.4 Å². The van der Waals surface area contributed by atoms with Crippen LogP contribution in [0, 0.1) is 0 Å². The predicted molar refractivity (Wildman–Crippen MR) is 64.3 cm³/mol. The van der Waals surface area contributed by atoms with Crippen LogP contribution in [0.5, 0.6) is 0 Å². The first-order chi connectivity index (χ1) is 7.85. The van der Waals surface area contributed by atoms with Gasteiger partial charge in [0.15, 0.2) is 0 Å². The molecule has 1 amide bonds. The van der Waals surface area contributed by atoms with E-state index in [0.717, 1.165) is 0 Å². The highest BCUT2D eigenvalue weighted by Gasteiger charge is 2.41. The standard InChI is InChI=1S/C11H11Cl2FN2O/c1-11(14)4-7(5-11)15-10(17)6-2-8(12)16-9(13)3-6/h2-3,7H,4-5H2,1H3,(H,15,17). The fourth-order valence-electron chi connectivity index (χ4n) is 1.93. The first-order valence-electron chi connectivity index (χ1n) is 5.19. The van der Waals surface area contributed by atoms with Crippen molar-refractivity contribution in [3.63, 3.8) is 0 Å². The summed E-state index contributed by atoms with van der Waals surface area (Å²) in [4.78, 5) is 15.5. The number of pyridine rings is 1. The molecule has 1 N–H and O–H groups in total. The Morgan fingerprint density at radius 2 is 2.00 bits per heavy atom. The Morgan fingerprint density at radius 1 is 1.47 bits per heavy atom. The van der Waals surface area contributed by atoms with Gasteiger partial charge in [-0.2, -0.15) is 0 Å². The number of nitrogens with zero attached hydrogens (tertiary/aromatic N) is 1. The third-order valence-corrected chi connectivity index (χ3v) is 3.09. The molecule has 1 aromatic heterocycles. The van der Waals surface area contributed by atoms with E-state index in [1.165, 1.54) is 19.1 Å². The van der Waals surface area contributed by atoms with Crippen molar-refractivity contribution in [2.75, 3.05) is 0 Å². The molecule has 3 nitrogen and oxygen atoms in total. The van der Waals surface area contributed by atoms with Crippen molar-refractivity contribution in [2.45, 2.75) is 31.5 Å². The lowest BCUT2D eigenvalue weighted by molar-refractivity contribution is 0.0445. The summed E-state index contributed by atoms with van der Waals surface area (Å²) in [6.07, 6.45) is 0.677. The number of rotatable bonds is 2. The topological polar surface area (TPSA) is 42.0 Å². The third kappa shape index (κ3) is 3.07. The summed E-state index contributed by atoms with van der Waals surface area (Å²) in [6.45, 7) is 1.52. The average Bonchev–Trinajstić information content (AvgIpc) is 2.13. The number of hydrogen-bond acceptors (Lipinski definition) is 2. The van der Waals surface area contributed by atoms with Crippen LogP contribution >= 0.6 is 23.2 Å². The quantitative estimate of drug-likeness (QED) is 0.844. The van der Waals surface area contributed by atoms with Crippen molar-refractivity contribution < 1.29 is 9.18 Å². The number of hydrogen-bond donors (Lipinski definition) is 1. The molecule has 0 saturated heterocycles. The van der Waals surface area contributed by atoms with E-state index in [4.69, 9.17) is 23.2 Å². The second kappa shape index (κ2) is 4.42. The first kappa shape index (κ1) is 12.6. The highest BCUT2D eigenvalue weighted by molar-refractivity contribution is 6.33. The molecule has 1 heterocycles. The lowest BCUT2D eigenvalue weighted by atomic mass is 9.79. The van der Waals surface area contributed by atoms with Gasteiger partial charge in [-0.3, -0.25) is 4.79 Å². The molecule has 0 bridgehead atoms. The molecular weight excluding hydrogens is 266 g/mol. The molecule has 1 aliphatic rings. The van der Waals surface area contributed by atoms with Gasteiger partial charge in [-0.1, -0.05) is 23.2 Å². The number of aromatic nitrogens is 1. The summed E-state index contributed by atoms with van der Waals surface area (Å²) in [5, 5.41) is 3.04. The third-order valence-electron chi connectivity index (χ3n) is 2.70. The van der Waals surface area contributed by atoms with Gasteiger partial charge in [0.05, 0.1) is 0 Å². The molecule has 0 atom stereocenters. The zero-order valence-electron chi connectivity index (χ0n) is 9.14. The zero-order valence-corrected chi connectivity index (χ0v) is 10.6. The molecule has 0 unspecified atom stereocenters. The Labute approximate surface area is 108 Å². The lowest BCUT2D eigenvalue weighted by Gasteiger charge is -2.38. The van der Waals surface area contributed by atoms with Crippen molar-refractivity contribution in [2.24, 2.45) is 0 Å². The van der Waals surface area contributed by atoms with Crippen LogP contribution in [0.3, 0.4) is 0 Å². The smallest absolute Gasteiger partial charge is 0.251 e. The summed E-state index contributed by atoms with van der Waals surface area (Å²) in [7, 11) is 0. The number of alkyl halides is 1. The minimum atomic E-state index is -1.16. The SMILES string of the molecule is CC1(F)CC(NC(=O)c2cc(Cl)nc(Cl)c2)C1. The van der Waals surface area contributed by atoms with Crippen LogP contribution in [0.25, 0.3) is 0 Å². The second-order valence-electron chi connectivity index (χ2n) is 4.49. The molecule has 6 heteroatoms. The van der Waals surface area contributed by atoms with Crippen LogP contribution in [0.2, 0.25) is 10.3 Å². The minimum absolute atomic E-state index is 0.122. The van der Waals surface area contributed by atoms with E-state index in [1.807, 2.05) is 0 Å². The van der Waals surface area contributed by atoms with Crippen LogP contribution in [-0.4, -0.2) is 22.6 Å².